The molecule has 0 aliphatic carbocycles. The number of thiophene rings is 1. The van der Waals surface area contributed by atoms with Crippen LogP contribution in [-0.2, 0) is 30.5 Å². The molecule has 2 aliphatic heterocycles. The number of aliphatic hydroxyl groups excluding tert-OH is 1. The number of hydrogen-bond donors (Lipinski definition) is 4. The van der Waals surface area contributed by atoms with Crippen LogP contribution in [0.2, 0.25) is 5.02 Å². The molecular formula is C51H56ClN9O7S2. The summed E-state index contributed by atoms with van der Waals surface area (Å²) >= 11 is 9.47. The van der Waals surface area contributed by atoms with Crippen molar-refractivity contribution in [1.29, 1.82) is 0 Å². The number of halogens is 1. The number of aryl methyl sites for hydroxylation is 3. The van der Waals surface area contributed by atoms with Crippen LogP contribution < -0.4 is 20.7 Å². The number of anilines is 1. The normalized spacial score (nSPS) is 17.0. The number of ether oxygens (including phenoxy) is 2. The highest BCUT2D eigenvalue weighted by Crippen LogP contribution is 2.40. The largest absolute Gasteiger partial charge is 0.491 e. The fraction of sp³-hybridized carbons (Fsp3) is 0.373. The quantitative estimate of drug-likeness (QED) is 0.0705. The number of nitrogens with zero attached hydrogens (tertiary/aromatic N) is 6. The lowest BCUT2D eigenvalue weighted by atomic mass is 9.85. The average Bonchev–Trinajstić information content (AvgIpc) is 4.09. The summed E-state index contributed by atoms with van der Waals surface area (Å²) in [6, 6.07) is 19.7. The van der Waals surface area contributed by atoms with Gasteiger partial charge in [-0.2, -0.15) is 0 Å². The summed E-state index contributed by atoms with van der Waals surface area (Å²) < 4.78 is 13.6. The lowest BCUT2D eigenvalue weighted by molar-refractivity contribution is -0.144. The Bertz CT molecular complexity index is 2920. The van der Waals surface area contributed by atoms with E-state index < -0.39 is 41.5 Å². The SMILES string of the molecule is Cc1ncsc1-c1ccc(CNC(=O)[C@@H]2C[C@@H](O)CN2C(=O)[C@@H](NC(=O)COCCOc2cccc(NC(=O)C[C@@H]3N=C(c4ccc(Cl)cc4)c4c(sc(C)c4C)-n4c(C)nnc43)c2)C(C)(C)C)cc1. The molecule has 366 valence electrons. The molecule has 16 nitrogen and oxygen atoms in total. The van der Waals surface area contributed by atoms with Gasteiger partial charge in [0.05, 0.1) is 40.9 Å². The van der Waals surface area contributed by atoms with Gasteiger partial charge < -0.3 is 35.4 Å². The molecule has 19 heteroatoms. The second-order valence-electron chi connectivity index (χ2n) is 18.5. The van der Waals surface area contributed by atoms with Crippen LogP contribution in [0.5, 0.6) is 5.75 Å². The van der Waals surface area contributed by atoms with Gasteiger partial charge in [-0.25, -0.2) is 4.98 Å². The van der Waals surface area contributed by atoms with Crippen LogP contribution >= 0.6 is 34.3 Å². The van der Waals surface area contributed by atoms with E-state index in [0.29, 0.717) is 28.1 Å². The van der Waals surface area contributed by atoms with Gasteiger partial charge in [-0.05, 0) is 74.1 Å². The van der Waals surface area contributed by atoms with Gasteiger partial charge in [0.1, 0.15) is 47.9 Å². The molecule has 3 aromatic carbocycles. The molecular weight excluding hydrogens is 950 g/mol. The second-order valence-corrected chi connectivity index (χ2v) is 21.0. The number of carbonyl (C=O) groups excluding carboxylic acids is 4. The minimum Gasteiger partial charge on any atom is -0.491 e. The summed E-state index contributed by atoms with van der Waals surface area (Å²) in [4.78, 5) is 67.6. The summed E-state index contributed by atoms with van der Waals surface area (Å²) in [5, 5.41) is 29.8. The molecule has 2 aliphatic rings. The van der Waals surface area contributed by atoms with Crippen molar-refractivity contribution in [2.24, 2.45) is 10.4 Å². The number of benzene rings is 3. The van der Waals surface area contributed by atoms with E-state index in [4.69, 9.17) is 26.1 Å². The van der Waals surface area contributed by atoms with Crippen LogP contribution in [0, 0.1) is 33.1 Å². The fourth-order valence-electron chi connectivity index (χ4n) is 8.55. The molecule has 6 aromatic rings. The molecule has 4 atom stereocenters. The van der Waals surface area contributed by atoms with Crippen molar-refractivity contribution < 1.29 is 33.8 Å². The van der Waals surface area contributed by atoms with Crippen LogP contribution in [0.1, 0.15) is 84.1 Å². The third-order valence-corrected chi connectivity index (χ3v) is 14.7. The molecule has 0 saturated carbocycles. The number of carbonyl (C=O) groups is 4. The Morgan fingerprint density at radius 2 is 1.69 bits per heavy atom. The fourth-order valence-corrected chi connectivity index (χ4v) is 10.7. The van der Waals surface area contributed by atoms with Crippen molar-refractivity contribution in [2.45, 2.75) is 92.1 Å². The van der Waals surface area contributed by atoms with E-state index in [1.807, 2.05) is 93.2 Å². The molecule has 4 N–H and O–H groups in total. The maximum Gasteiger partial charge on any atom is 0.246 e. The zero-order valence-electron chi connectivity index (χ0n) is 40.0. The van der Waals surface area contributed by atoms with Crippen LogP contribution in [0.25, 0.3) is 15.4 Å². The van der Waals surface area contributed by atoms with E-state index in [1.165, 1.54) is 4.90 Å². The summed E-state index contributed by atoms with van der Waals surface area (Å²) in [5.41, 5.74) is 8.16. The van der Waals surface area contributed by atoms with Crippen molar-refractivity contribution >= 4 is 69.3 Å². The van der Waals surface area contributed by atoms with E-state index >= 15 is 0 Å². The zero-order chi connectivity index (χ0) is 49.9. The summed E-state index contributed by atoms with van der Waals surface area (Å²) in [6.45, 7) is 13.4. The molecule has 3 aromatic heterocycles. The molecule has 0 radical (unpaired) electrons. The smallest absolute Gasteiger partial charge is 0.246 e. The van der Waals surface area contributed by atoms with Gasteiger partial charge in [0.25, 0.3) is 0 Å². The van der Waals surface area contributed by atoms with Gasteiger partial charge in [-0.3, -0.25) is 28.7 Å². The van der Waals surface area contributed by atoms with Crippen LogP contribution in [-0.4, -0.2) is 104 Å². The number of fused-ring (bicyclic) bond motifs is 3. The van der Waals surface area contributed by atoms with Crippen molar-refractivity contribution in [3.63, 3.8) is 0 Å². The highest BCUT2D eigenvalue weighted by Gasteiger charge is 2.44. The van der Waals surface area contributed by atoms with Gasteiger partial charge in [-0.1, -0.05) is 74.8 Å². The molecule has 5 heterocycles. The highest BCUT2D eigenvalue weighted by atomic mass is 35.5. The van der Waals surface area contributed by atoms with Gasteiger partial charge >= 0.3 is 0 Å². The first-order valence-corrected chi connectivity index (χ1v) is 25.0. The van der Waals surface area contributed by atoms with Gasteiger partial charge in [-0.15, -0.1) is 32.9 Å². The monoisotopic (exact) mass is 1010 g/mol. The summed E-state index contributed by atoms with van der Waals surface area (Å²) in [5.74, 6) is 0.0712. The second kappa shape index (κ2) is 21.4. The number of amides is 4. The predicted molar refractivity (Wildman–Crippen MR) is 271 cm³/mol. The Morgan fingerprint density at radius 3 is 2.40 bits per heavy atom. The van der Waals surface area contributed by atoms with Gasteiger partial charge in [0, 0.05) is 52.3 Å². The van der Waals surface area contributed by atoms with Crippen LogP contribution in [0.3, 0.4) is 0 Å². The van der Waals surface area contributed by atoms with E-state index in [1.54, 1.807) is 46.9 Å². The van der Waals surface area contributed by atoms with Crippen molar-refractivity contribution in [3.05, 3.63) is 128 Å². The highest BCUT2D eigenvalue weighted by molar-refractivity contribution is 7.15. The van der Waals surface area contributed by atoms with E-state index in [9.17, 15) is 24.3 Å². The number of rotatable bonds is 16. The van der Waals surface area contributed by atoms with Crippen LogP contribution in [0.4, 0.5) is 5.69 Å². The van der Waals surface area contributed by atoms with Crippen molar-refractivity contribution in [2.75, 3.05) is 31.7 Å². The van der Waals surface area contributed by atoms with Gasteiger partial charge in [0.15, 0.2) is 5.82 Å². The van der Waals surface area contributed by atoms with E-state index in [-0.39, 0.29) is 57.6 Å². The Kier molecular flexibility index (Phi) is 15.3. The Balaban J connectivity index is 0.825. The van der Waals surface area contributed by atoms with Crippen molar-refractivity contribution in [1.82, 2.24) is 35.3 Å². The lowest BCUT2D eigenvalue weighted by Crippen LogP contribution is -2.58. The number of aliphatic hydroxyl groups is 1. The molecule has 0 unspecified atom stereocenters. The topological polar surface area (TPSA) is 202 Å². The molecule has 8 rings (SSSR count). The molecule has 0 spiro atoms. The average molecular weight is 1010 g/mol. The molecule has 1 saturated heterocycles. The standard InChI is InChI=1S/C51H56ClN9O7S2/c1-28-30(3)70-50-43(28)44(33-15-17-35(52)18-16-33)56-39(47-59-58-31(4)61(47)50)23-41(63)55-36-9-8-10-38(21-36)68-20-19-67-26-42(64)57-46(51(5,6)7)49(66)60-25-37(62)22-40(60)48(65)53-24-32-11-13-34(14-12-32)45-29(2)54-27-69-45/h8-18,21,27,37,39-40,46,62H,19-20,22-26H2,1-7H3,(H,53,65)(H,55,63)(H,57,64)/t37-,39+,40+,46-/m1/s1. The summed E-state index contributed by atoms with van der Waals surface area (Å²) in [6.07, 6.45) is -0.828. The maximum absolute atomic E-state index is 14.1. The summed E-state index contributed by atoms with van der Waals surface area (Å²) in [7, 11) is 0. The number of likely N-dealkylation sites (tertiary alicyclic amines) is 1. The minimum atomic E-state index is -1.01. The van der Waals surface area contributed by atoms with Crippen LogP contribution in [0.15, 0.2) is 83.3 Å². The Hall–Kier alpha value is -6.31. The third-order valence-electron chi connectivity index (χ3n) is 12.3. The Morgan fingerprint density at radius 1 is 0.943 bits per heavy atom. The number of aliphatic imine (C=N–C) groups is 1. The molecule has 0 bridgehead atoms. The maximum atomic E-state index is 14.1. The number of hydrogen-bond acceptors (Lipinski definition) is 13. The number of thiazole rings is 1. The van der Waals surface area contributed by atoms with Crippen molar-refractivity contribution in [3.8, 4) is 21.2 Å². The number of nitrogens with one attached hydrogen (secondary N) is 3. The van der Waals surface area contributed by atoms with Gasteiger partial charge in [0.2, 0.25) is 23.6 Å². The predicted octanol–water partition coefficient (Wildman–Crippen LogP) is 7.46. The minimum absolute atomic E-state index is 0.00832. The van der Waals surface area contributed by atoms with E-state index in [2.05, 4.69) is 45.0 Å². The molecule has 4 amide bonds. The molecule has 70 heavy (non-hydrogen) atoms. The third kappa shape index (κ3) is 11.3. The first kappa shape index (κ1) is 50.1. The first-order valence-electron chi connectivity index (χ1n) is 23.0. The first-order chi connectivity index (χ1) is 33.4. The molecule has 1 fully saturated rings. The van der Waals surface area contributed by atoms with E-state index in [0.717, 1.165) is 54.0 Å². The lowest BCUT2D eigenvalue weighted by Gasteiger charge is -2.35. The Labute approximate surface area is 419 Å². The number of aromatic nitrogens is 4. The number of β-amino-alcohol motifs (C(OH)–C–C–N with tert-alkyl or cyclic N) is 1. The zero-order valence-corrected chi connectivity index (χ0v) is 42.4.